The van der Waals surface area contributed by atoms with E-state index in [-0.39, 0.29) is 12.0 Å². The van der Waals surface area contributed by atoms with E-state index in [4.69, 9.17) is 4.74 Å². The Labute approximate surface area is 93.5 Å². The number of esters is 1. The standard InChI is InChI=1S/C10H19NO3S/c1-5-14-10(12)8(2)6-11-9(3)7-15(4)13/h9,11H,2,5-7H2,1,3-4H3. The average Bonchev–Trinajstić information content (AvgIpc) is 2.13. The predicted octanol–water partition coefficient (Wildman–Crippen LogP) is 0.462. The van der Waals surface area contributed by atoms with Crippen LogP contribution in [0, 0.1) is 0 Å². The first-order valence-corrected chi connectivity index (χ1v) is 6.58. The second-order valence-electron chi connectivity index (χ2n) is 3.35. The van der Waals surface area contributed by atoms with Gasteiger partial charge in [-0.15, -0.1) is 0 Å². The molecule has 88 valence electrons. The molecule has 0 aromatic heterocycles. The highest BCUT2D eigenvalue weighted by atomic mass is 32.2. The topological polar surface area (TPSA) is 55.4 Å². The summed E-state index contributed by atoms with van der Waals surface area (Å²) in [4.78, 5) is 11.2. The molecule has 0 aromatic rings. The minimum absolute atomic E-state index is 0.0991. The number of nitrogens with one attached hydrogen (secondary N) is 1. The molecule has 0 aliphatic carbocycles. The molecule has 0 aliphatic rings. The lowest BCUT2D eigenvalue weighted by atomic mass is 10.3. The van der Waals surface area contributed by atoms with Crippen molar-refractivity contribution in [2.75, 3.05) is 25.2 Å². The molecule has 1 N–H and O–H groups in total. The van der Waals surface area contributed by atoms with E-state index in [2.05, 4.69) is 11.9 Å². The molecule has 15 heavy (non-hydrogen) atoms. The lowest BCUT2D eigenvalue weighted by Gasteiger charge is -2.12. The van der Waals surface area contributed by atoms with E-state index in [1.807, 2.05) is 6.92 Å². The maximum Gasteiger partial charge on any atom is 0.334 e. The van der Waals surface area contributed by atoms with Gasteiger partial charge in [0.05, 0.1) is 6.61 Å². The minimum Gasteiger partial charge on any atom is -0.463 e. The Balaban J connectivity index is 3.79. The molecule has 4 nitrogen and oxygen atoms in total. The molecule has 0 bridgehead atoms. The molecular weight excluding hydrogens is 214 g/mol. The van der Waals surface area contributed by atoms with Crippen molar-refractivity contribution in [3.63, 3.8) is 0 Å². The van der Waals surface area contributed by atoms with E-state index in [1.165, 1.54) is 0 Å². The SMILES string of the molecule is C=C(CNC(C)CS(C)=O)C(=O)OCC. The predicted molar refractivity (Wildman–Crippen MR) is 62.2 cm³/mol. The number of hydrogen-bond donors (Lipinski definition) is 1. The van der Waals surface area contributed by atoms with Gasteiger partial charge in [-0.3, -0.25) is 4.21 Å². The smallest absolute Gasteiger partial charge is 0.334 e. The second kappa shape index (κ2) is 7.59. The van der Waals surface area contributed by atoms with Crippen LogP contribution in [0.5, 0.6) is 0 Å². The first kappa shape index (κ1) is 14.3. The monoisotopic (exact) mass is 233 g/mol. The van der Waals surface area contributed by atoms with Crippen LogP contribution in [-0.4, -0.2) is 41.4 Å². The third kappa shape index (κ3) is 7.27. The maximum absolute atomic E-state index is 11.2. The quantitative estimate of drug-likeness (QED) is 0.513. The molecule has 0 rings (SSSR count). The van der Waals surface area contributed by atoms with Crippen LogP contribution < -0.4 is 5.32 Å². The number of ether oxygens (including phenoxy) is 1. The maximum atomic E-state index is 11.2. The Hall–Kier alpha value is -0.680. The lowest BCUT2D eigenvalue weighted by molar-refractivity contribution is -0.138. The van der Waals surface area contributed by atoms with Crippen molar-refractivity contribution >= 4 is 16.8 Å². The van der Waals surface area contributed by atoms with Crippen molar-refractivity contribution in [2.24, 2.45) is 0 Å². The Morgan fingerprint density at radius 1 is 1.60 bits per heavy atom. The summed E-state index contributed by atoms with van der Waals surface area (Å²) < 4.78 is 15.7. The van der Waals surface area contributed by atoms with Gasteiger partial charge in [0.1, 0.15) is 0 Å². The molecule has 0 radical (unpaired) electrons. The van der Waals surface area contributed by atoms with Gasteiger partial charge in [0.2, 0.25) is 0 Å². The van der Waals surface area contributed by atoms with Gasteiger partial charge in [0.15, 0.2) is 0 Å². The average molecular weight is 233 g/mol. The zero-order chi connectivity index (χ0) is 11.8. The molecule has 2 unspecified atom stereocenters. The van der Waals surface area contributed by atoms with Crippen LogP contribution >= 0.6 is 0 Å². The van der Waals surface area contributed by atoms with Crippen molar-refractivity contribution in [1.29, 1.82) is 0 Å². The van der Waals surface area contributed by atoms with Crippen LogP contribution in [0.2, 0.25) is 0 Å². The van der Waals surface area contributed by atoms with Crippen molar-refractivity contribution in [1.82, 2.24) is 5.32 Å². The summed E-state index contributed by atoms with van der Waals surface area (Å²) >= 11 is 0. The molecule has 0 spiro atoms. The van der Waals surface area contributed by atoms with Crippen LogP contribution in [0.25, 0.3) is 0 Å². The van der Waals surface area contributed by atoms with Gasteiger partial charge >= 0.3 is 5.97 Å². The molecule has 5 heteroatoms. The molecule has 0 aromatic carbocycles. The van der Waals surface area contributed by atoms with Crippen LogP contribution in [0.3, 0.4) is 0 Å². The van der Waals surface area contributed by atoms with Crippen LogP contribution in [0.1, 0.15) is 13.8 Å². The number of carbonyl (C=O) groups excluding carboxylic acids is 1. The highest BCUT2D eigenvalue weighted by Crippen LogP contribution is 1.94. The third-order valence-corrected chi connectivity index (χ3v) is 2.68. The van der Waals surface area contributed by atoms with Crippen molar-refractivity contribution < 1.29 is 13.7 Å². The highest BCUT2D eigenvalue weighted by molar-refractivity contribution is 7.84. The van der Waals surface area contributed by atoms with Gasteiger partial charge < -0.3 is 10.1 Å². The van der Waals surface area contributed by atoms with E-state index < -0.39 is 10.8 Å². The van der Waals surface area contributed by atoms with Gasteiger partial charge in [0.25, 0.3) is 0 Å². The number of rotatable bonds is 7. The van der Waals surface area contributed by atoms with Crippen molar-refractivity contribution in [3.05, 3.63) is 12.2 Å². The number of carbonyl (C=O) groups is 1. The largest absolute Gasteiger partial charge is 0.463 e. The zero-order valence-electron chi connectivity index (χ0n) is 9.54. The fraction of sp³-hybridized carbons (Fsp3) is 0.700. The molecule has 0 saturated heterocycles. The lowest BCUT2D eigenvalue weighted by Crippen LogP contribution is -2.33. The Morgan fingerprint density at radius 2 is 2.20 bits per heavy atom. The third-order valence-electron chi connectivity index (χ3n) is 1.71. The summed E-state index contributed by atoms with van der Waals surface area (Å²) in [6.07, 6.45) is 1.65. The fourth-order valence-electron chi connectivity index (χ4n) is 1.01. The minimum atomic E-state index is -0.833. The summed E-state index contributed by atoms with van der Waals surface area (Å²) in [5, 5.41) is 3.06. The Bertz CT molecular complexity index is 253. The fourth-order valence-corrected chi connectivity index (χ4v) is 1.84. The molecule has 0 amide bonds. The van der Waals surface area contributed by atoms with E-state index in [1.54, 1.807) is 13.2 Å². The van der Waals surface area contributed by atoms with E-state index >= 15 is 0 Å². The first-order valence-electron chi connectivity index (χ1n) is 4.85. The molecule has 0 aliphatic heterocycles. The van der Waals surface area contributed by atoms with Crippen LogP contribution in [0.15, 0.2) is 12.2 Å². The second-order valence-corrected chi connectivity index (χ2v) is 4.83. The number of hydrogen-bond acceptors (Lipinski definition) is 4. The summed E-state index contributed by atoms with van der Waals surface area (Å²) in [5.41, 5.74) is 0.394. The molecular formula is C10H19NO3S. The van der Waals surface area contributed by atoms with E-state index in [9.17, 15) is 9.00 Å². The zero-order valence-corrected chi connectivity index (χ0v) is 10.4. The van der Waals surface area contributed by atoms with Gasteiger partial charge in [0, 0.05) is 41.0 Å². The van der Waals surface area contributed by atoms with Crippen molar-refractivity contribution in [3.8, 4) is 0 Å². The van der Waals surface area contributed by atoms with Crippen LogP contribution in [0.4, 0.5) is 0 Å². The molecule has 2 atom stereocenters. The summed E-state index contributed by atoms with van der Waals surface area (Å²) in [7, 11) is -0.833. The molecule has 0 fully saturated rings. The summed E-state index contributed by atoms with van der Waals surface area (Å²) in [6.45, 7) is 8.01. The highest BCUT2D eigenvalue weighted by Gasteiger charge is 2.09. The molecule has 0 saturated carbocycles. The van der Waals surface area contributed by atoms with Crippen molar-refractivity contribution in [2.45, 2.75) is 19.9 Å². The van der Waals surface area contributed by atoms with Gasteiger partial charge in [-0.05, 0) is 13.8 Å². The van der Waals surface area contributed by atoms with Gasteiger partial charge in [-0.1, -0.05) is 6.58 Å². The normalized spacial score (nSPS) is 14.3. The first-order chi connectivity index (χ1) is 6.97. The van der Waals surface area contributed by atoms with E-state index in [0.29, 0.717) is 24.5 Å². The van der Waals surface area contributed by atoms with E-state index in [0.717, 1.165) is 0 Å². The Kier molecular flexibility index (Phi) is 7.25. The molecule has 0 heterocycles. The summed E-state index contributed by atoms with van der Waals surface area (Å²) in [5.74, 6) is 0.186. The Morgan fingerprint density at radius 3 is 2.67 bits per heavy atom. The van der Waals surface area contributed by atoms with Gasteiger partial charge in [-0.2, -0.15) is 0 Å². The summed E-state index contributed by atoms with van der Waals surface area (Å²) in [6, 6.07) is 0.0991. The van der Waals surface area contributed by atoms with Gasteiger partial charge in [-0.25, -0.2) is 4.79 Å². The van der Waals surface area contributed by atoms with Crippen LogP contribution in [-0.2, 0) is 20.3 Å².